The highest BCUT2D eigenvalue weighted by atomic mass is 28.4. The van der Waals surface area contributed by atoms with Gasteiger partial charge in [-0.2, -0.15) is 0 Å². The highest BCUT2D eigenvalue weighted by molar-refractivity contribution is 6.74. The van der Waals surface area contributed by atoms with Crippen molar-refractivity contribution in [3.05, 3.63) is 23.3 Å². The Bertz CT molecular complexity index is 684. The minimum Gasteiger partial charge on any atom is -0.465 e. The summed E-state index contributed by atoms with van der Waals surface area (Å²) < 4.78 is 12.7. The summed E-state index contributed by atoms with van der Waals surface area (Å²) in [5, 5.41) is 0.194. The van der Waals surface area contributed by atoms with Crippen LogP contribution in [-0.2, 0) is 14.0 Å². The van der Waals surface area contributed by atoms with Gasteiger partial charge in [-0.15, -0.1) is 0 Å². The molecule has 0 aromatic heterocycles. The van der Waals surface area contributed by atoms with Gasteiger partial charge in [-0.25, -0.2) is 0 Å². The molecule has 4 rings (SSSR count). The monoisotopic (exact) mass is 374 g/mol. The van der Waals surface area contributed by atoms with Crippen molar-refractivity contribution in [2.24, 2.45) is 23.2 Å². The standard InChI is InChI=1S/C22H34O3Si/c1-21(2,3)26(5,6)25-17-12-11-16-14-9-7-8-10-15(14)18-19(16)22(17,4)13-24-20(18)23/h8,10,15,17-19H,7,9,11-13H2,1-6H3/t15-,17-,18-,19+,22+/m0/s1. The fourth-order valence-corrected chi connectivity index (χ4v) is 7.01. The molecule has 1 heterocycles. The smallest absolute Gasteiger partial charge is 0.310 e. The number of carbonyl (C=O) groups is 1. The number of hydrogen-bond acceptors (Lipinski definition) is 3. The molecule has 0 bridgehead atoms. The zero-order valence-electron chi connectivity index (χ0n) is 17.2. The van der Waals surface area contributed by atoms with Crippen LogP contribution in [0.15, 0.2) is 23.3 Å². The van der Waals surface area contributed by atoms with Crippen molar-refractivity contribution in [2.75, 3.05) is 6.61 Å². The molecule has 5 atom stereocenters. The van der Waals surface area contributed by atoms with Crippen LogP contribution < -0.4 is 0 Å². The van der Waals surface area contributed by atoms with Gasteiger partial charge in [-0.1, -0.05) is 51.0 Å². The van der Waals surface area contributed by atoms with Crippen LogP contribution in [-0.4, -0.2) is 27.0 Å². The predicted molar refractivity (Wildman–Crippen MR) is 106 cm³/mol. The second kappa shape index (κ2) is 5.81. The molecule has 0 N–H and O–H groups in total. The summed E-state index contributed by atoms with van der Waals surface area (Å²) in [5.74, 6) is 0.600. The highest BCUT2D eigenvalue weighted by Crippen LogP contribution is 2.61. The molecule has 1 saturated carbocycles. The molecule has 26 heavy (non-hydrogen) atoms. The maximum atomic E-state index is 12.7. The molecule has 2 fully saturated rings. The molecule has 3 nitrogen and oxygen atoms in total. The van der Waals surface area contributed by atoms with Gasteiger partial charge in [0.2, 0.25) is 0 Å². The van der Waals surface area contributed by atoms with Gasteiger partial charge < -0.3 is 9.16 Å². The van der Waals surface area contributed by atoms with Crippen molar-refractivity contribution < 1.29 is 14.0 Å². The summed E-state index contributed by atoms with van der Waals surface area (Å²) >= 11 is 0. The lowest BCUT2D eigenvalue weighted by Crippen LogP contribution is -2.58. The average Bonchev–Trinajstić information content (AvgIpc) is 2.90. The predicted octanol–water partition coefficient (Wildman–Crippen LogP) is 5.24. The summed E-state index contributed by atoms with van der Waals surface area (Å²) in [6, 6.07) is 0. The maximum Gasteiger partial charge on any atom is 0.310 e. The molecule has 0 radical (unpaired) electrons. The van der Waals surface area contributed by atoms with E-state index in [0.717, 1.165) is 25.7 Å². The van der Waals surface area contributed by atoms with Crippen molar-refractivity contribution in [1.82, 2.24) is 0 Å². The van der Waals surface area contributed by atoms with Gasteiger partial charge in [0.25, 0.3) is 0 Å². The Hall–Kier alpha value is -0.873. The van der Waals surface area contributed by atoms with Crippen LogP contribution in [0.3, 0.4) is 0 Å². The van der Waals surface area contributed by atoms with Crippen LogP contribution in [0.25, 0.3) is 0 Å². The third-order valence-corrected chi connectivity index (χ3v) is 12.5. The van der Waals surface area contributed by atoms with E-state index in [2.05, 4.69) is 52.9 Å². The normalized spacial score (nSPS) is 39.5. The van der Waals surface area contributed by atoms with Gasteiger partial charge in [0.1, 0.15) is 0 Å². The van der Waals surface area contributed by atoms with Gasteiger partial charge in [0.15, 0.2) is 8.32 Å². The van der Waals surface area contributed by atoms with Crippen LogP contribution >= 0.6 is 0 Å². The number of carbonyl (C=O) groups excluding carboxylic acids is 1. The van der Waals surface area contributed by atoms with Crippen LogP contribution in [0.1, 0.15) is 53.4 Å². The summed E-state index contributed by atoms with van der Waals surface area (Å²) in [6.07, 6.45) is 9.14. The number of hydrogen-bond donors (Lipinski definition) is 0. The Morgan fingerprint density at radius 1 is 1.23 bits per heavy atom. The van der Waals surface area contributed by atoms with E-state index in [-0.39, 0.29) is 34.4 Å². The van der Waals surface area contributed by atoms with Crippen molar-refractivity contribution >= 4 is 14.3 Å². The van der Waals surface area contributed by atoms with E-state index < -0.39 is 8.32 Å². The zero-order chi connectivity index (χ0) is 18.9. The molecule has 0 unspecified atom stereocenters. The van der Waals surface area contributed by atoms with Gasteiger partial charge in [-0.3, -0.25) is 4.79 Å². The van der Waals surface area contributed by atoms with Crippen molar-refractivity contribution in [2.45, 2.75) is 77.6 Å². The second-order valence-corrected chi connectivity index (χ2v) is 15.3. The minimum absolute atomic E-state index is 0.0129. The first-order valence-electron chi connectivity index (χ1n) is 10.3. The third kappa shape index (κ3) is 2.51. The number of esters is 1. The van der Waals surface area contributed by atoms with Crippen LogP contribution in [0.2, 0.25) is 18.1 Å². The van der Waals surface area contributed by atoms with Crippen LogP contribution in [0.5, 0.6) is 0 Å². The minimum atomic E-state index is -1.87. The molecule has 3 aliphatic carbocycles. The molecule has 0 aromatic rings. The molecule has 144 valence electrons. The number of allylic oxidation sites excluding steroid dienone is 4. The summed E-state index contributed by atoms with van der Waals surface area (Å²) in [7, 11) is -1.87. The van der Waals surface area contributed by atoms with Gasteiger partial charge in [0.05, 0.1) is 18.6 Å². The van der Waals surface area contributed by atoms with E-state index in [9.17, 15) is 4.79 Å². The van der Waals surface area contributed by atoms with E-state index in [0.29, 0.717) is 12.5 Å². The molecule has 0 aromatic carbocycles. The number of cyclic esters (lactones) is 1. The number of fused-ring (bicyclic) bond motifs is 2. The molecule has 1 saturated heterocycles. The van der Waals surface area contributed by atoms with E-state index in [4.69, 9.17) is 9.16 Å². The van der Waals surface area contributed by atoms with E-state index >= 15 is 0 Å². The first kappa shape index (κ1) is 18.5. The first-order valence-corrected chi connectivity index (χ1v) is 13.2. The zero-order valence-corrected chi connectivity index (χ0v) is 18.2. The quantitative estimate of drug-likeness (QED) is 0.376. The molecular formula is C22H34O3Si. The maximum absolute atomic E-state index is 12.7. The Morgan fingerprint density at radius 3 is 2.65 bits per heavy atom. The Labute approximate surface area is 159 Å². The van der Waals surface area contributed by atoms with Crippen LogP contribution in [0, 0.1) is 23.2 Å². The summed E-state index contributed by atoms with van der Waals surface area (Å²) in [6.45, 7) is 14.4. The Morgan fingerprint density at radius 2 is 1.96 bits per heavy atom. The van der Waals surface area contributed by atoms with Gasteiger partial charge in [0, 0.05) is 17.3 Å². The Kier molecular flexibility index (Phi) is 4.13. The Balaban J connectivity index is 1.71. The second-order valence-electron chi connectivity index (χ2n) is 10.6. The van der Waals surface area contributed by atoms with Crippen molar-refractivity contribution in [3.63, 3.8) is 0 Å². The fourth-order valence-electron chi connectivity index (χ4n) is 5.55. The van der Waals surface area contributed by atoms with E-state index in [1.165, 1.54) is 0 Å². The third-order valence-electron chi connectivity index (χ3n) is 8.02. The lowest BCUT2D eigenvalue weighted by molar-refractivity contribution is -0.178. The van der Waals surface area contributed by atoms with Gasteiger partial charge in [-0.05, 0) is 43.8 Å². The lowest BCUT2D eigenvalue weighted by atomic mass is 9.60. The molecule has 1 aliphatic heterocycles. The van der Waals surface area contributed by atoms with Crippen molar-refractivity contribution in [3.8, 4) is 0 Å². The largest absolute Gasteiger partial charge is 0.465 e. The summed E-state index contributed by atoms with van der Waals surface area (Å²) in [4.78, 5) is 12.7. The number of ether oxygens (including phenoxy) is 1. The highest BCUT2D eigenvalue weighted by Gasteiger charge is 2.62. The molecule has 4 aliphatic rings. The average molecular weight is 375 g/mol. The van der Waals surface area contributed by atoms with E-state index in [1.807, 2.05) is 0 Å². The molecule has 0 spiro atoms. The van der Waals surface area contributed by atoms with Crippen LogP contribution in [0.4, 0.5) is 0 Å². The SMILES string of the molecule is CC(C)(C)[Si](C)(C)O[C@H]1CCC2=C3CCC=C[C@@H]3[C@@H]3C(=O)OC[C@@]1(C)[C@H]23. The molecular weight excluding hydrogens is 340 g/mol. The fraction of sp³-hybridized carbons (Fsp3) is 0.773. The first-order chi connectivity index (χ1) is 12.1. The van der Waals surface area contributed by atoms with E-state index in [1.54, 1.807) is 11.1 Å². The topological polar surface area (TPSA) is 35.5 Å². The summed E-state index contributed by atoms with van der Waals surface area (Å²) in [5.41, 5.74) is 3.05. The lowest BCUT2D eigenvalue weighted by Gasteiger charge is -2.54. The van der Waals surface area contributed by atoms with Gasteiger partial charge >= 0.3 is 5.97 Å². The molecule has 0 amide bonds. The van der Waals surface area contributed by atoms with Crippen molar-refractivity contribution in [1.29, 1.82) is 0 Å². The molecule has 4 heteroatoms. The number of rotatable bonds is 2.